The molecule has 2 heterocycles. The summed E-state index contributed by atoms with van der Waals surface area (Å²) in [4.78, 5) is 14.3. The number of hydrogen-bond acceptors (Lipinski definition) is 3. The summed E-state index contributed by atoms with van der Waals surface area (Å²) >= 11 is 0. The maximum absolute atomic E-state index is 14.1. The molecule has 6 heteroatoms. The van der Waals surface area contributed by atoms with Crippen LogP contribution < -0.4 is 4.74 Å². The molecule has 1 aliphatic rings. The number of nitrogens with zero attached hydrogens (tertiary/aromatic N) is 3. The molecule has 1 fully saturated rings. The fourth-order valence-corrected chi connectivity index (χ4v) is 2.95. The SMILES string of the molecule is COc1ccc(C(=O)N2CCC[C@@H](n3cc(C)cn3)C2)c(F)c1. The maximum atomic E-state index is 14.1. The van der Waals surface area contributed by atoms with Gasteiger partial charge < -0.3 is 9.64 Å². The number of rotatable bonds is 3. The number of methoxy groups -OCH3 is 1. The Bertz CT molecular complexity index is 714. The van der Waals surface area contributed by atoms with Crippen LogP contribution in [0.25, 0.3) is 0 Å². The number of halogens is 1. The molecule has 1 aromatic heterocycles. The second-order valence-corrected chi connectivity index (χ2v) is 5.89. The molecule has 0 radical (unpaired) electrons. The van der Waals surface area contributed by atoms with Crippen molar-refractivity contribution in [2.75, 3.05) is 20.2 Å². The van der Waals surface area contributed by atoms with Gasteiger partial charge in [-0.2, -0.15) is 5.10 Å². The van der Waals surface area contributed by atoms with Crippen LogP contribution in [0.4, 0.5) is 4.39 Å². The van der Waals surface area contributed by atoms with Crippen LogP contribution in [0, 0.1) is 12.7 Å². The van der Waals surface area contributed by atoms with Crippen LogP contribution in [-0.4, -0.2) is 40.8 Å². The third-order valence-corrected chi connectivity index (χ3v) is 4.20. The van der Waals surface area contributed by atoms with Crippen LogP contribution in [-0.2, 0) is 0 Å². The molecule has 0 N–H and O–H groups in total. The summed E-state index contributed by atoms with van der Waals surface area (Å²) in [5.74, 6) is -0.423. The average Bonchev–Trinajstić information content (AvgIpc) is 3.01. The summed E-state index contributed by atoms with van der Waals surface area (Å²) in [6.07, 6.45) is 5.64. The first-order valence-corrected chi connectivity index (χ1v) is 7.72. The lowest BCUT2D eigenvalue weighted by atomic mass is 10.0. The Balaban J connectivity index is 1.77. The van der Waals surface area contributed by atoms with Crippen LogP contribution in [0.15, 0.2) is 30.6 Å². The average molecular weight is 317 g/mol. The topological polar surface area (TPSA) is 47.4 Å². The van der Waals surface area contributed by atoms with E-state index in [1.165, 1.54) is 19.2 Å². The van der Waals surface area contributed by atoms with Crippen molar-refractivity contribution < 1.29 is 13.9 Å². The third-order valence-electron chi connectivity index (χ3n) is 4.20. The zero-order chi connectivity index (χ0) is 16.4. The molecule has 2 aromatic rings. The molecule has 1 aromatic carbocycles. The van der Waals surface area contributed by atoms with E-state index < -0.39 is 5.82 Å². The van der Waals surface area contributed by atoms with Gasteiger partial charge in [-0.3, -0.25) is 9.48 Å². The molecular weight excluding hydrogens is 297 g/mol. The second kappa shape index (κ2) is 6.40. The van der Waals surface area contributed by atoms with Gasteiger partial charge in [-0.15, -0.1) is 0 Å². The van der Waals surface area contributed by atoms with E-state index in [-0.39, 0.29) is 17.5 Å². The Labute approximate surface area is 134 Å². The van der Waals surface area contributed by atoms with E-state index >= 15 is 0 Å². The van der Waals surface area contributed by atoms with Crippen molar-refractivity contribution in [1.82, 2.24) is 14.7 Å². The van der Waals surface area contributed by atoms with Crippen LogP contribution >= 0.6 is 0 Å². The first-order valence-electron chi connectivity index (χ1n) is 7.72. The Kier molecular flexibility index (Phi) is 4.32. The molecule has 122 valence electrons. The lowest BCUT2D eigenvalue weighted by Crippen LogP contribution is -2.41. The van der Waals surface area contributed by atoms with Gasteiger partial charge >= 0.3 is 0 Å². The number of aromatic nitrogens is 2. The van der Waals surface area contributed by atoms with E-state index in [9.17, 15) is 9.18 Å². The normalized spacial score (nSPS) is 18.0. The minimum Gasteiger partial charge on any atom is -0.497 e. The molecule has 1 aliphatic heterocycles. The van der Waals surface area contributed by atoms with Gasteiger partial charge in [-0.05, 0) is 37.5 Å². The van der Waals surface area contributed by atoms with Crippen molar-refractivity contribution in [2.45, 2.75) is 25.8 Å². The highest BCUT2D eigenvalue weighted by Crippen LogP contribution is 2.24. The molecule has 1 saturated heterocycles. The fourth-order valence-electron chi connectivity index (χ4n) is 2.95. The molecule has 5 nitrogen and oxygen atoms in total. The number of hydrogen-bond donors (Lipinski definition) is 0. The summed E-state index contributed by atoms with van der Waals surface area (Å²) in [5.41, 5.74) is 1.18. The third kappa shape index (κ3) is 3.21. The molecule has 3 rings (SSSR count). The van der Waals surface area contributed by atoms with E-state index in [1.807, 2.05) is 24.0 Å². The second-order valence-electron chi connectivity index (χ2n) is 5.89. The van der Waals surface area contributed by atoms with Crippen LogP contribution in [0.3, 0.4) is 0 Å². The van der Waals surface area contributed by atoms with Crippen LogP contribution in [0.5, 0.6) is 5.75 Å². The first kappa shape index (κ1) is 15.5. The van der Waals surface area contributed by atoms with E-state index in [1.54, 1.807) is 11.0 Å². The Morgan fingerprint density at radius 1 is 1.43 bits per heavy atom. The molecule has 0 bridgehead atoms. The molecule has 0 spiro atoms. The standard InChI is InChI=1S/C17H20FN3O2/c1-12-9-19-21(10-12)13-4-3-7-20(11-13)17(22)15-6-5-14(23-2)8-16(15)18/h5-6,8-10,13H,3-4,7,11H2,1-2H3/t13-/m1/s1. The number of carbonyl (C=O) groups is 1. The van der Waals surface area contributed by atoms with Gasteiger partial charge in [0.15, 0.2) is 0 Å². The number of aryl methyl sites for hydroxylation is 1. The molecule has 1 atom stereocenters. The quantitative estimate of drug-likeness (QED) is 0.874. The minimum atomic E-state index is -0.550. The highest BCUT2D eigenvalue weighted by Gasteiger charge is 2.27. The van der Waals surface area contributed by atoms with Crippen LogP contribution in [0.2, 0.25) is 0 Å². The Morgan fingerprint density at radius 2 is 2.26 bits per heavy atom. The van der Waals surface area contributed by atoms with Crippen molar-refractivity contribution in [2.24, 2.45) is 0 Å². The smallest absolute Gasteiger partial charge is 0.256 e. The molecule has 1 amide bonds. The first-order chi connectivity index (χ1) is 11.1. The summed E-state index contributed by atoms with van der Waals surface area (Å²) in [6.45, 7) is 3.18. The summed E-state index contributed by atoms with van der Waals surface area (Å²) in [7, 11) is 1.47. The van der Waals surface area contributed by atoms with Gasteiger partial charge in [0.2, 0.25) is 0 Å². The molecule has 0 unspecified atom stereocenters. The van der Waals surface area contributed by atoms with Gasteiger partial charge in [0.1, 0.15) is 11.6 Å². The highest BCUT2D eigenvalue weighted by molar-refractivity contribution is 5.94. The lowest BCUT2D eigenvalue weighted by molar-refractivity contribution is 0.0668. The number of piperidine rings is 1. The number of benzene rings is 1. The maximum Gasteiger partial charge on any atom is 0.256 e. The molecule has 0 aliphatic carbocycles. The highest BCUT2D eigenvalue weighted by atomic mass is 19.1. The number of carbonyl (C=O) groups excluding carboxylic acids is 1. The van der Waals surface area contributed by atoms with Gasteiger partial charge in [0, 0.05) is 25.4 Å². The zero-order valence-corrected chi connectivity index (χ0v) is 13.3. The summed E-state index contributed by atoms with van der Waals surface area (Å²) in [5, 5.41) is 4.33. The van der Waals surface area contributed by atoms with Crippen molar-refractivity contribution >= 4 is 5.91 Å². The fraction of sp³-hybridized carbons (Fsp3) is 0.412. The summed E-state index contributed by atoms with van der Waals surface area (Å²) < 4.78 is 21.0. The van der Waals surface area contributed by atoms with Crippen LogP contribution in [0.1, 0.15) is 34.8 Å². The van der Waals surface area contributed by atoms with Crippen molar-refractivity contribution in [1.29, 1.82) is 0 Å². The van der Waals surface area contributed by atoms with E-state index in [0.29, 0.717) is 18.8 Å². The minimum absolute atomic E-state index is 0.0862. The van der Waals surface area contributed by atoms with Gasteiger partial charge in [-0.25, -0.2) is 4.39 Å². The van der Waals surface area contributed by atoms with Crippen molar-refractivity contribution in [3.05, 3.63) is 47.5 Å². The number of amides is 1. The van der Waals surface area contributed by atoms with E-state index in [4.69, 9.17) is 4.74 Å². The van der Waals surface area contributed by atoms with Crippen molar-refractivity contribution in [3.8, 4) is 5.75 Å². The predicted octanol–water partition coefficient (Wildman–Crippen LogP) is 2.82. The van der Waals surface area contributed by atoms with Gasteiger partial charge in [0.05, 0.1) is 24.9 Å². The molecule has 0 saturated carbocycles. The number of likely N-dealkylation sites (tertiary alicyclic amines) is 1. The van der Waals surface area contributed by atoms with E-state index in [2.05, 4.69) is 5.10 Å². The van der Waals surface area contributed by atoms with Crippen molar-refractivity contribution in [3.63, 3.8) is 0 Å². The summed E-state index contributed by atoms with van der Waals surface area (Å²) in [6, 6.07) is 4.47. The van der Waals surface area contributed by atoms with Gasteiger partial charge in [-0.1, -0.05) is 0 Å². The predicted molar refractivity (Wildman–Crippen MR) is 84.1 cm³/mol. The lowest BCUT2D eigenvalue weighted by Gasteiger charge is -2.33. The van der Waals surface area contributed by atoms with E-state index in [0.717, 1.165) is 18.4 Å². The zero-order valence-electron chi connectivity index (χ0n) is 13.3. The molecule has 23 heavy (non-hydrogen) atoms. The number of ether oxygens (including phenoxy) is 1. The Hall–Kier alpha value is -2.37. The largest absolute Gasteiger partial charge is 0.497 e. The monoisotopic (exact) mass is 317 g/mol. The van der Waals surface area contributed by atoms with Gasteiger partial charge in [0.25, 0.3) is 5.91 Å². The molecular formula is C17H20FN3O2. The Morgan fingerprint density at radius 3 is 2.91 bits per heavy atom.